The normalized spacial score (nSPS) is 27.5. The molecular weight excluding hydrogens is 200 g/mol. The molecule has 3 nitrogen and oxygen atoms in total. The van der Waals surface area contributed by atoms with Crippen molar-refractivity contribution >= 4 is 5.69 Å². The summed E-state index contributed by atoms with van der Waals surface area (Å²) in [4.78, 5) is 2.37. The van der Waals surface area contributed by atoms with Crippen molar-refractivity contribution in [2.24, 2.45) is 5.73 Å². The second kappa shape index (κ2) is 3.67. The molecule has 16 heavy (non-hydrogen) atoms. The molecule has 1 fully saturated rings. The molecule has 2 aliphatic heterocycles. The van der Waals surface area contributed by atoms with Crippen molar-refractivity contribution in [3.63, 3.8) is 0 Å². The van der Waals surface area contributed by atoms with E-state index >= 15 is 0 Å². The van der Waals surface area contributed by atoms with Gasteiger partial charge in [-0.05, 0) is 37.3 Å². The van der Waals surface area contributed by atoms with Crippen LogP contribution in [0.4, 0.5) is 5.69 Å². The van der Waals surface area contributed by atoms with E-state index in [2.05, 4.69) is 17.0 Å². The van der Waals surface area contributed by atoms with Gasteiger partial charge in [0.2, 0.25) is 0 Å². The summed E-state index contributed by atoms with van der Waals surface area (Å²) in [6.45, 7) is 0. The van der Waals surface area contributed by atoms with E-state index in [9.17, 15) is 0 Å². The van der Waals surface area contributed by atoms with Crippen LogP contribution in [-0.2, 0) is 6.42 Å². The van der Waals surface area contributed by atoms with Crippen molar-refractivity contribution in [2.75, 3.05) is 12.0 Å². The number of hydrogen-bond donors (Lipinski definition) is 1. The predicted octanol–water partition coefficient (Wildman–Crippen LogP) is 1.89. The Morgan fingerprint density at radius 3 is 3.00 bits per heavy atom. The molecule has 0 aromatic heterocycles. The van der Waals surface area contributed by atoms with Gasteiger partial charge in [-0.2, -0.15) is 0 Å². The van der Waals surface area contributed by atoms with Crippen molar-refractivity contribution in [1.82, 2.24) is 0 Å². The van der Waals surface area contributed by atoms with Gasteiger partial charge < -0.3 is 15.4 Å². The van der Waals surface area contributed by atoms with Crippen LogP contribution in [-0.4, -0.2) is 19.3 Å². The van der Waals surface area contributed by atoms with E-state index in [0.29, 0.717) is 6.04 Å². The van der Waals surface area contributed by atoms with Gasteiger partial charge in [0.05, 0.1) is 19.0 Å². The van der Waals surface area contributed by atoms with E-state index in [0.717, 1.165) is 18.6 Å². The first-order valence-corrected chi connectivity index (χ1v) is 6.01. The van der Waals surface area contributed by atoms with Gasteiger partial charge in [0.15, 0.2) is 0 Å². The third-order valence-electron chi connectivity index (χ3n) is 3.85. The maximum atomic E-state index is 6.20. The Hall–Kier alpha value is -1.22. The Morgan fingerprint density at radius 1 is 1.31 bits per heavy atom. The van der Waals surface area contributed by atoms with Gasteiger partial charge in [0.25, 0.3) is 0 Å². The highest BCUT2D eigenvalue weighted by atomic mass is 16.5. The summed E-state index contributed by atoms with van der Waals surface area (Å²) in [5, 5.41) is 0. The lowest BCUT2D eigenvalue weighted by molar-refractivity contribution is 0.409. The van der Waals surface area contributed by atoms with E-state index < -0.39 is 0 Å². The van der Waals surface area contributed by atoms with Crippen molar-refractivity contribution in [3.8, 4) is 5.75 Å². The first-order valence-electron chi connectivity index (χ1n) is 6.01. The maximum Gasteiger partial charge on any atom is 0.142 e. The van der Waals surface area contributed by atoms with Crippen LogP contribution in [0, 0.1) is 0 Å². The first-order chi connectivity index (χ1) is 7.81. The quantitative estimate of drug-likeness (QED) is 0.782. The summed E-state index contributed by atoms with van der Waals surface area (Å²) in [6.07, 6.45) is 4.87. The molecule has 3 rings (SSSR count). The zero-order valence-corrected chi connectivity index (χ0v) is 9.65. The molecule has 0 spiro atoms. The van der Waals surface area contributed by atoms with Gasteiger partial charge >= 0.3 is 0 Å². The van der Waals surface area contributed by atoms with E-state index in [4.69, 9.17) is 10.5 Å². The molecule has 2 aliphatic rings. The molecule has 1 saturated heterocycles. The van der Waals surface area contributed by atoms with E-state index in [1.165, 1.54) is 24.1 Å². The monoisotopic (exact) mass is 218 g/mol. The molecule has 2 atom stereocenters. The van der Waals surface area contributed by atoms with Crippen LogP contribution in [0.25, 0.3) is 0 Å². The van der Waals surface area contributed by atoms with Crippen LogP contribution < -0.4 is 15.4 Å². The largest absolute Gasteiger partial charge is 0.495 e. The average Bonchev–Trinajstić information content (AvgIpc) is 2.70. The van der Waals surface area contributed by atoms with Gasteiger partial charge in [-0.1, -0.05) is 12.1 Å². The van der Waals surface area contributed by atoms with Crippen molar-refractivity contribution in [2.45, 2.75) is 37.9 Å². The maximum absolute atomic E-state index is 6.20. The SMILES string of the molecule is COc1cccc2c1N1C(N)CCC1CC2. The van der Waals surface area contributed by atoms with Crippen LogP contribution >= 0.6 is 0 Å². The zero-order chi connectivity index (χ0) is 11.1. The van der Waals surface area contributed by atoms with E-state index in [1.807, 2.05) is 6.07 Å². The van der Waals surface area contributed by atoms with E-state index in [-0.39, 0.29) is 6.17 Å². The summed E-state index contributed by atoms with van der Waals surface area (Å²) < 4.78 is 5.47. The number of nitrogens with two attached hydrogens (primary N) is 1. The Labute approximate surface area is 96.2 Å². The fourth-order valence-corrected chi connectivity index (χ4v) is 3.09. The molecule has 0 aliphatic carbocycles. The molecule has 0 radical (unpaired) electrons. The third kappa shape index (κ3) is 1.31. The highest BCUT2D eigenvalue weighted by Crippen LogP contribution is 2.43. The molecule has 3 heteroatoms. The Balaban J connectivity index is 2.11. The molecule has 0 amide bonds. The topological polar surface area (TPSA) is 38.5 Å². The second-order valence-electron chi connectivity index (χ2n) is 4.71. The zero-order valence-electron chi connectivity index (χ0n) is 9.65. The molecule has 0 saturated carbocycles. The van der Waals surface area contributed by atoms with Crippen LogP contribution in [0.1, 0.15) is 24.8 Å². The third-order valence-corrected chi connectivity index (χ3v) is 3.85. The van der Waals surface area contributed by atoms with Gasteiger partial charge in [-0.25, -0.2) is 0 Å². The first kappa shape index (κ1) is 9.97. The smallest absolute Gasteiger partial charge is 0.142 e. The summed E-state index contributed by atoms with van der Waals surface area (Å²) in [6, 6.07) is 6.92. The number of hydrogen-bond acceptors (Lipinski definition) is 3. The van der Waals surface area contributed by atoms with Crippen LogP contribution in [0.3, 0.4) is 0 Å². The van der Waals surface area contributed by atoms with Gasteiger partial charge in [0.1, 0.15) is 5.75 Å². The highest BCUT2D eigenvalue weighted by molar-refractivity contribution is 5.67. The lowest BCUT2D eigenvalue weighted by Crippen LogP contribution is -2.44. The van der Waals surface area contributed by atoms with Crippen LogP contribution in [0.15, 0.2) is 18.2 Å². The Bertz CT molecular complexity index is 391. The molecular formula is C13H18N2O. The van der Waals surface area contributed by atoms with Crippen molar-refractivity contribution in [3.05, 3.63) is 23.8 Å². The van der Waals surface area contributed by atoms with Gasteiger partial charge in [0, 0.05) is 6.04 Å². The van der Waals surface area contributed by atoms with Gasteiger partial charge in [-0.15, -0.1) is 0 Å². The fraction of sp³-hybridized carbons (Fsp3) is 0.538. The number of rotatable bonds is 1. The number of aryl methyl sites for hydroxylation is 1. The molecule has 1 aromatic carbocycles. The molecule has 0 bridgehead atoms. The Morgan fingerprint density at radius 2 is 2.19 bits per heavy atom. The van der Waals surface area contributed by atoms with Crippen LogP contribution in [0.2, 0.25) is 0 Å². The number of para-hydroxylation sites is 1. The number of fused-ring (bicyclic) bond motifs is 3. The van der Waals surface area contributed by atoms with E-state index in [1.54, 1.807) is 7.11 Å². The summed E-state index contributed by atoms with van der Waals surface area (Å²) in [5.74, 6) is 0.972. The second-order valence-corrected chi connectivity index (χ2v) is 4.71. The van der Waals surface area contributed by atoms with Gasteiger partial charge in [-0.3, -0.25) is 0 Å². The fourth-order valence-electron chi connectivity index (χ4n) is 3.09. The molecule has 86 valence electrons. The minimum atomic E-state index is 0.167. The molecule has 2 unspecified atom stereocenters. The number of benzene rings is 1. The minimum absolute atomic E-state index is 0.167. The highest BCUT2D eigenvalue weighted by Gasteiger charge is 2.36. The lowest BCUT2D eigenvalue weighted by Gasteiger charge is -2.37. The number of methoxy groups -OCH3 is 1. The standard InChI is InChI=1S/C13H18N2O/c1-16-11-4-2-3-9-5-6-10-7-8-12(14)15(10)13(9)11/h2-4,10,12H,5-8,14H2,1H3. The summed E-state index contributed by atoms with van der Waals surface area (Å²) >= 11 is 0. The van der Waals surface area contributed by atoms with Crippen molar-refractivity contribution < 1.29 is 4.74 Å². The number of nitrogens with zero attached hydrogens (tertiary/aromatic N) is 1. The molecule has 2 N–H and O–H groups in total. The summed E-state index contributed by atoms with van der Waals surface area (Å²) in [7, 11) is 1.74. The van der Waals surface area contributed by atoms with Crippen molar-refractivity contribution in [1.29, 1.82) is 0 Å². The lowest BCUT2D eigenvalue weighted by atomic mass is 9.96. The average molecular weight is 218 g/mol. The Kier molecular flexibility index (Phi) is 2.28. The van der Waals surface area contributed by atoms with Crippen LogP contribution in [0.5, 0.6) is 5.75 Å². The molecule has 1 aromatic rings. The number of ether oxygens (including phenoxy) is 1. The number of anilines is 1. The minimum Gasteiger partial charge on any atom is -0.495 e. The molecule has 2 heterocycles. The predicted molar refractivity (Wildman–Crippen MR) is 64.8 cm³/mol. The summed E-state index contributed by atoms with van der Waals surface area (Å²) in [5.41, 5.74) is 8.82.